The topological polar surface area (TPSA) is 33.2 Å². The minimum Gasteiger partial charge on any atom is -0.302 e. The molecular formula is C18H19FN2O. The Morgan fingerprint density at radius 1 is 1.32 bits per heavy atom. The lowest BCUT2D eigenvalue weighted by molar-refractivity contribution is 0.0984. The van der Waals surface area contributed by atoms with Gasteiger partial charge in [0.05, 0.1) is 11.3 Å². The molecule has 114 valence electrons. The molecule has 0 unspecified atom stereocenters. The first-order chi connectivity index (χ1) is 10.6. The zero-order valence-corrected chi connectivity index (χ0v) is 12.8. The number of amides is 1. The molecular weight excluding hydrogens is 279 g/mol. The summed E-state index contributed by atoms with van der Waals surface area (Å²) in [4.78, 5) is 18.3. The van der Waals surface area contributed by atoms with E-state index in [0.29, 0.717) is 11.3 Å². The van der Waals surface area contributed by atoms with Crippen molar-refractivity contribution in [1.82, 2.24) is 4.98 Å². The number of aromatic nitrogens is 1. The van der Waals surface area contributed by atoms with Crippen molar-refractivity contribution in [2.45, 2.75) is 38.6 Å². The molecule has 22 heavy (non-hydrogen) atoms. The number of anilines is 1. The number of nitrogens with zero attached hydrogens (tertiary/aromatic N) is 2. The molecule has 0 bridgehead atoms. The van der Waals surface area contributed by atoms with Crippen LogP contribution in [-0.4, -0.2) is 16.9 Å². The molecule has 0 radical (unpaired) electrons. The summed E-state index contributed by atoms with van der Waals surface area (Å²) in [5.41, 5.74) is 1.79. The standard InChI is InChI=1S/C18H19FN2O/c1-12(2)13-5-8-17(16(19)10-13)21(15-6-7-15)18(22)14-4-3-9-20-11-14/h3-5,8-12,15H,6-7H2,1-2H3. The second-order valence-corrected chi connectivity index (χ2v) is 6.01. The Labute approximate surface area is 129 Å². The third-order valence-corrected chi connectivity index (χ3v) is 3.94. The van der Waals surface area contributed by atoms with Crippen molar-refractivity contribution in [2.75, 3.05) is 4.90 Å². The fourth-order valence-electron chi connectivity index (χ4n) is 2.51. The van der Waals surface area contributed by atoms with Crippen LogP contribution in [0.15, 0.2) is 42.7 Å². The molecule has 3 nitrogen and oxygen atoms in total. The number of carbonyl (C=O) groups excluding carboxylic acids is 1. The molecule has 1 aromatic carbocycles. The van der Waals surface area contributed by atoms with Crippen LogP contribution in [-0.2, 0) is 0 Å². The molecule has 1 aromatic heterocycles. The Kier molecular flexibility index (Phi) is 3.92. The Morgan fingerprint density at radius 3 is 2.64 bits per heavy atom. The fraction of sp³-hybridized carbons (Fsp3) is 0.333. The van der Waals surface area contributed by atoms with Crippen LogP contribution < -0.4 is 4.90 Å². The lowest BCUT2D eigenvalue weighted by Gasteiger charge is -2.23. The van der Waals surface area contributed by atoms with E-state index in [9.17, 15) is 9.18 Å². The molecule has 3 rings (SSSR count). The Hall–Kier alpha value is -2.23. The Balaban J connectivity index is 1.97. The second kappa shape index (κ2) is 5.87. The van der Waals surface area contributed by atoms with Crippen LogP contribution >= 0.6 is 0 Å². The number of hydrogen-bond donors (Lipinski definition) is 0. The van der Waals surface area contributed by atoms with Crippen LogP contribution in [0, 0.1) is 5.82 Å². The van der Waals surface area contributed by atoms with Crippen LogP contribution in [0.25, 0.3) is 0 Å². The summed E-state index contributed by atoms with van der Waals surface area (Å²) in [6, 6.07) is 8.67. The predicted molar refractivity (Wildman–Crippen MR) is 84.6 cm³/mol. The van der Waals surface area contributed by atoms with Gasteiger partial charge in [-0.2, -0.15) is 0 Å². The maximum absolute atomic E-state index is 14.5. The minimum atomic E-state index is -0.338. The zero-order chi connectivity index (χ0) is 15.7. The highest BCUT2D eigenvalue weighted by Gasteiger charge is 2.35. The van der Waals surface area contributed by atoms with Crippen molar-refractivity contribution in [3.63, 3.8) is 0 Å². The van der Waals surface area contributed by atoms with Gasteiger partial charge in [-0.05, 0) is 48.6 Å². The van der Waals surface area contributed by atoms with E-state index in [4.69, 9.17) is 0 Å². The van der Waals surface area contributed by atoms with Crippen molar-refractivity contribution in [3.05, 3.63) is 59.7 Å². The SMILES string of the molecule is CC(C)c1ccc(N(C(=O)c2cccnc2)C2CC2)c(F)c1. The number of benzene rings is 1. The van der Waals surface area contributed by atoms with Crippen LogP contribution in [0.4, 0.5) is 10.1 Å². The normalized spacial score (nSPS) is 14.2. The molecule has 0 aliphatic heterocycles. The highest BCUT2D eigenvalue weighted by atomic mass is 19.1. The lowest BCUT2D eigenvalue weighted by Crippen LogP contribution is -2.33. The van der Waals surface area contributed by atoms with Gasteiger partial charge >= 0.3 is 0 Å². The van der Waals surface area contributed by atoms with Gasteiger partial charge in [-0.1, -0.05) is 19.9 Å². The summed E-state index contributed by atoms with van der Waals surface area (Å²) in [7, 11) is 0. The number of pyridine rings is 1. The molecule has 0 atom stereocenters. The highest BCUT2D eigenvalue weighted by molar-refractivity contribution is 6.06. The van der Waals surface area contributed by atoms with Gasteiger partial charge in [0.25, 0.3) is 5.91 Å². The molecule has 0 saturated heterocycles. The van der Waals surface area contributed by atoms with Crippen LogP contribution in [0.3, 0.4) is 0 Å². The summed E-state index contributed by atoms with van der Waals surface area (Å²) in [5, 5.41) is 0. The molecule has 4 heteroatoms. The van der Waals surface area contributed by atoms with Crippen molar-refractivity contribution in [3.8, 4) is 0 Å². The van der Waals surface area contributed by atoms with Crippen molar-refractivity contribution < 1.29 is 9.18 Å². The molecule has 1 aliphatic rings. The average molecular weight is 298 g/mol. The molecule has 1 saturated carbocycles. The predicted octanol–water partition coefficient (Wildman–Crippen LogP) is 4.15. The van der Waals surface area contributed by atoms with Gasteiger partial charge in [-0.3, -0.25) is 9.78 Å². The van der Waals surface area contributed by atoms with Gasteiger partial charge in [0.15, 0.2) is 0 Å². The largest absolute Gasteiger partial charge is 0.302 e. The molecule has 1 aliphatic carbocycles. The lowest BCUT2D eigenvalue weighted by atomic mass is 10.0. The van der Waals surface area contributed by atoms with E-state index in [1.807, 2.05) is 19.9 Å². The van der Waals surface area contributed by atoms with Crippen LogP contribution in [0.2, 0.25) is 0 Å². The summed E-state index contributed by atoms with van der Waals surface area (Å²) in [6.45, 7) is 4.04. The van der Waals surface area contributed by atoms with E-state index in [1.54, 1.807) is 29.3 Å². The Morgan fingerprint density at radius 2 is 2.09 bits per heavy atom. The molecule has 0 spiro atoms. The number of hydrogen-bond acceptors (Lipinski definition) is 2. The first-order valence-corrected chi connectivity index (χ1v) is 7.61. The molecule has 1 heterocycles. The summed E-state index contributed by atoms with van der Waals surface area (Å²) < 4.78 is 14.5. The number of rotatable bonds is 4. The van der Waals surface area contributed by atoms with Gasteiger partial charge in [0.2, 0.25) is 0 Å². The summed E-state index contributed by atoms with van der Waals surface area (Å²) in [5.74, 6) is -0.269. The van der Waals surface area contributed by atoms with Gasteiger partial charge in [0.1, 0.15) is 5.82 Å². The molecule has 1 fully saturated rings. The van der Waals surface area contributed by atoms with E-state index < -0.39 is 0 Å². The quantitative estimate of drug-likeness (QED) is 0.849. The third kappa shape index (κ3) is 2.86. The van der Waals surface area contributed by atoms with Crippen LogP contribution in [0.1, 0.15) is 48.5 Å². The van der Waals surface area contributed by atoms with Crippen molar-refractivity contribution >= 4 is 11.6 Å². The Bertz CT molecular complexity index is 681. The van der Waals surface area contributed by atoms with Gasteiger partial charge in [0, 0.05) is 18.4 Å². The minimum absolute atomic E-state index is 0.0899. The molecule has 0 N–H and O–H groups in total. The van der Waals surface area contributed by atoms with E-state index in [0.717, 1.165) is 18.4 Å². The second-order valence-electron chi connectivity index (χ2n) is 6.01. The van der Waals surface area contributed by atoms with Crippen LogP contribution in [0.5, 0.6) is 0 Å². The first kappa shape index (κ1) is 14.7. The summed E-state index contributed by atoms with van der Waals surface area (Å²) in [6.07, 6.45) is 4.98. The third-order valence-electron chi connectivity index (χ3n) is 3.94. The first-order valence-electron chi connectivity index (χ1n) is 7.61. The van der Waals surface area contributed by atoms with Crippen molar-refractivity contribution in [1.29, 1.82) is 0 Å². The smallest absolute Gasteiger partial charge is 0.260 e. The number of carbonyl (C=O) groups is 1. The summed E-state index contributed by atoms with van der Waals surface area (Å²) >= 11 is 0. The van der Waals surface area contributed by atoms with E-state index >= 15 is 0 Å². The van der Waals surface area contributed by atoms with E-state index in [2.05, 4.69) is 4.98 Å². The maximum atomic E-state index is 14.5. The van der Waals surface area contributed by atoms with E-state index in [1.165, 1.54) is 12.3 Å². The molecule has 1 amide bonds. The highest BCUT2D eigenvalue weighted by Crippen LogP contribution is 2.35. The van der Waals surface area contributed by atoms with Gasteiger partial charge in [-0.25, -0.2) is 4.39 Å². The molecule has 2 aromatic rings. The average Bonchev–Trinajstić information content (AvgIpc) is 3.34. The number of halogens is 1. The monoisotopic (exact) mass is 298 g/mol. The van der Waals surface area contributed by atoms with E-state index in [-0.39, 0.29) is 23.7 Å². The zero-order valence-electron chi connectivity index (χ0n) is 12.8. The van der Waals surface area contributed by atoms with Gasteiger partial charge in [-0.15, -0.1) is 0 Å². The fourth-order valence-corrected chi connectivity index (χ4v) is 2.51. The van der Waals surface area contributed by atoms with Gasteiger partial charge < -0.3 is 4.90 Å². The van der Waals surface area contributed by atoms with Crippen molar-refractivity contribution in [2.24, 2.45) is 0 Å². The maximum Gasteiger partial charge on any atom is 0.260 e.